The molecular weight excluding hydrogens is 238 g/mol. The van der Waals surface area contributed by atoms with Crippen LogP contribution in [0.1, 0.15) is 0 Å². The molecule has 1 N–H and O–H groups in total. The minimum Gasteiger partial charge on any atom is -0.478 e. The molecule has 0 saturated heterocycles. The van der Waals surface area contributed by atoms with Crippen molar-refractivity contribution < 1.29 is 4.74 Å². The van der Waals surface area contributed by atoms with Crippen molar-refractivity contribution in [3.63, 3.8) is 0 Å². The normalized spacial score (nSPS) is 10.3. The largest absolute Gasteiger partial charge is 0.478 e. The zero-order chi connectivity index (χ0) is 13.1. The molecule has 0 spiro atoms. The Hall–Kier alpha value is -2.80. The number of hydrogen-bond donors (Lipinski definition) is 1. The van der Waals surface area contributed by atoms with Gasteiger partial charge in [0.25, 0.3) is 0 Å². The minimum absolute atomic E-state index is 0.0401. The van der Waals surface area contributed by atoms with E-state index in [2.05, 4.69) is 9.97 Å². The molecule has 0 fully saturated rings. The van der Waals surface area contributed by atoms with Gasteiger partial charge < -0.3 is 9.72 Å². The maximum atomic E-state index is 8.64. The van der Waals surface area contributed by atoms with E-state index >= 15 is 0 Å². The molecule has 4 nitrogen and oxygen atoms in total. The summed E-state index contributed by atoms with van der Waals surface area (Å²) in [4.78, 5) is 7.36. The third kappa shape index (κ3) is 2.02. The number of para-hydroxylation sites is 1. The first-order valence-electron chi connectivity index (χ1n) is 5.91. The monoisotopic (exact) mass is 249 g/mol. The second-order valence-corrected chi connectivity index (χ2v) is 4.04. The first-order valence-corrected chi connectivity index (χ1v) is 5.91. The van der Waals surface area contributed by atoms with Gasteiger partial charge in [-0.2, -0.15) is 5.26 Å². The van der Waals surface area contributed by atoms with Crippen LogP contribution in [-0.4, -0.2) is 16.6 Å². The number of aromatic nitrogens is 2. The number of aromatic amines is 1. The summed E-state index contributed by atoms with van der Waals surface area (Å²) in [5.74, 6) is 0.706. The molecule has 2 heterocycles. The van der Waals surface area contributed by atoms with Crippen LogP contribution < -0.4 is 4.74 Å². The Balaban J connectivity index is 2.16. The summed E-state index contributed by atoms with van der Waals surface area (Å²) in [6.07, 6.45) is 3.62. The smallest absolute Gasteiger partial charge is 0.174 e. The molecule has 0 unspecified atom stereocenters. The number of nitrogens with zero attached hydrogens (tertiary/aromatic N) is 2. The van der Waals surface area contributed by atoms with Crippen molar-refractivity contribution in [1.29, 1.82) is 5.26 Å². The van der Waals surface area contributed by atoms with Crippen LogP contribution in [0, 0.1) is 11.3 Å². The maximum Gasteiger partial charge on any atom is 0.174 e. The molecule has 0 aliphatic rings. The second-order valence-electron chi connectivity index (χ2n) is 4.04. The molecule has 0 aliphatic carbocycles. The Bertz CT molecular complexity index is 755. The first kappa shape index (κ1) is 11.3. The van der Waals surface area contributed by atoms with Crippen molar-refractivity contribution in [1.82, 2.24) is 9.97 Å². The number of ether oxygens (including phenoxy) is 1. The lowest BCUT2D eigenvalue weighted by Gasteiger charge is -2.10. The number of nitriles is 1. The van der Waals surface area contributed by atoms with Gasteiger partial charge in [0.1, 0.15) is 17.5 Å². The van der Waals surface area contributed by atoms with Crippen LogP contribution in [0.25, 0.3) is 22.2 Å². The Morgan fingerprint density at radius 3 is 2.95 bits per heavy atom. The van der Waals surface area contributed by atoms with Crippen LogP contribution in [0.4, 0.5) is 0 Å². The number of benzene rings is 1. The van der Waals surface area contributed by atoms with E-state index in [1.165, 1.54) is 0 Å². The summed E-state index contributed by atoms with van der Waals surface area (Å²) >= 11 is 0. The molecule has 92 valence electrons. The van der Waals surface area contributed by atoms with E-state index in [4.69, 9.17) is 10.00 Å². The number of H-pyrrole nitrogens is 1. The Morgan fingerprint density at radius 1 is 1.16 bits per heavy atom. The average molecular weight is 249 g/mol. The molecule has 0 amide bonds. The van der Waals surface area contributed by atoms with Gasteiger partial charge in [-0.3, -0.25) is 0 Å². The second kappa shape index (κ2) is 4.83. The fourth-order valence-corrected chi connectivity index (χ4v) is 2.12. The van der Waals surface area contributed by atoms with E-state index in [0.717, 1.165) is 22.2 Å². The highest BCUT2D eigenvalue weighted by Crippen LogP contribution is 2.33. The minimum atomic E-state index is 0.0401. The van der Waals surface area contributed by atoms with Crippen LogP contribution in [0.15, 0.2) is 48.8 Å². The van der Waals surface area contributed by atoms with Gasteiger partial charge in [-0.25, -0.2) is 4.98 Å². The molecular formula is C15H11N3O. The summed E-state index contributed by atoms with van der Waals surface area (Å²) < 4.78 is 5.47. The Labute approximate surface area is 110 Å². The lowest BCUT2D eigenvalue weighted by Crippen LogP contribution is -1.95. The van der Waals surface area contributed by atoms with Crippen LogP contribution in [-0.2, 0) is 0 Å². The van der Waals surface area contributed by atoms with Gasteiger partial charge >= 0.3 is 0 Å². The summed E-state index contributed by atoms with van der Waals surface area (Å²) in [7, 11) is 0. The van der Waals surface area contributed by atoms with Gasteiger partial charge in [-0.15, -0.1) is 0 Å². The highest BCUT2D eigenvalue weighted by Gasteiger charge is 2.10. The summed E-state index contributed by atoms with van der Waals surface area (Å²) in [6, 6.07) is 13.6. The first-order chi connectivity index (χ1) is 9.40. The molecule has 3 aromatic rings. The Morgan fingerprint density at radius 2 is 2.05 bits per heavy atom. The highest BCUT2D eigenvalue weighted by atomic mass is 16.5. The van der Waals surface area contributed by atoms with E-state index in [1.54, 1.807) is 6.20 Å². The number of nitrogens with one attached hydrogen (secondary N) is 1. The van der Waals surface area contributed by atoms with Gasteiger partial charge in [-0.05, 0) is 23.8 Å². The summed E-state index contributed by atoms with van der Waals surface area (Å²) in [5, 5.41) is 9.68. The van der Waals surface area contributed by atoms with Gasteiger partial charge in [-0.1, -0.05) is 18.2 Å². The van der Waals surface area contributed by atoms with E-state index in [-0.39, 0.29) is 6.61 Å². The molecule has 0 aliphatic heterocycles. The van der Waals surface area contributed by atoms with Gasteiger partial charge in [0, 0.05) is 23.3 Å². The van der Waals surface area contributed by atoms with Crippen molar-refractivity contribution in [3.8, 4) is 22.9 Å². The third-order valence-corrected chi connectivity index (χ3v) is 2.93. The fourth-order valence-electron chi connectivity index (χ4n) is 2.12. The van der Waals surface area contributed by atoms with Crippen molar-refractivity contribution in [2.24, 2.45) is 0 Å². The number of rotatable bonds is 3. The van der Waals surface area contributed by atoms with E-state index < -0.39 is 0 Å². The van der Waals surface area contributed by atoms with E-state index in [9.17, 15) is 0 Å². The molecule has 0 atom stereocenters. The van der Waals surface area contributed by atoms with E-state index in [0.29, 0.717) is 5.75 Å². The Kier molecular flexibility index (Phi) is 2.87. The zero-order valence-corrected chi connectivity index (χ0v) is 10.1. The van der Waals surface area contributed by atoms with Gasteiger partial charge in [0.05, 0.1) is 0 Å². The molecule has 2 aromatic heterocycles. The summed E-state index contributed by atoms with van der Waals surface area (Å²) in [6.45, 7) is 0.0401. The molecule has 0 saturated carbocycles. The van der Waals surface area contributed by atoms with Crippen molar-refractivity contribution in [2.75, 3.05) is 6.61 Å². The fraction of sp³-hybridized carbons (Fsp3) is 0.0667. The van der Waals surface area contributed by atoms with Gasteiger partial charge in [0.2, 0.25) is 0 Å². The molecule has 4 heteroatoms. The molecule has 0 radical (unpaired) electrons. The predicted octanol–water partition coefficient (Wildman–Crippen LogP) is 3.13. The molecule has 3 rings (SSSR count). The number of pyridine rings is 1. The lowest BCUT2D eigenvalue weighted by molar-refractivity contribution is 0.369. The van der Waals surface area contributed by atoms with Crippen LogP contribution in [0.2, 0.25) is 0 Å². The topological polar surface area (TPSA) is 61.7 Å². The van der Waals surface area contributed by atoms with Crippen molar-refractivity contribution in [2.45, 2.75) is 0 Å². The third-order valence-electron chi connectivity index (χ3n) is 2.93. The van der Waals surface area contributed by atoms with Crippen molar-refractivity contribution in [3.05, 3.63) is 48.8 Å². The average Bonchev–Trinajstić information content (AvgIpc) is 2.94. The van der Waals surface area contributed by atoms with Gasteiger partial charge in [0.15, 0.2) is 6.61 Å². The van der Waals surface area contributed by atoms with E-state index in [1.807, 2.05) is 48.7 Å². The molecule has 1 aromatic carbocycles. The number of hydrogen-bond acceptors (Lipinski definition) is 3. The standard InChI is InChI=1S/C15H11N3O/c16-7-10-19-14-4-2-1-3-12(14)11-5-8-17-15-13(11)6-9-18-15/h1-6,8-9H,10H2,(H,17,18). The van der Waals surface area contributed by atoms with Crippen LogP contribution in [0.3, 0.4) is 0 Å². The highest BCUT2D eigenvalue weighted by molar-refractivity contribution is 5.94. The van der Waals surface area contributed by atoms with Crippen LogP contribution >= 0.6 is 0 Å². The zero-order valence-electron chi connectivity index (χ0n) is 10.1. The predicted molar refractivity (Wildman–Crippen MR) is 72.6 cm³/mol. The quantitative estimate of drug-likeness (QED) is 0.775. The lowest BCUT2D eigenvalue weighted by atomic mass is 10.0. The van der Waals surface area contributed by atoms with Crippen LogP contribution in [0.5, 0.6) is 5.75 Å². The maximum absolute atomic E-state index is 8.64. The number of fused-ring (bicyclic) bond motifs is 1. The SMILES string of the molecule is N#CCOc1ccccc1-c1ccnc2[nH]ccc12. The van der Waals surface area contributed by atoms with Crippen molar-refractivity contribution >= 4 is 11.0 Å². The molecule has 19 heavy (non-hydrogen) atoms. The molecule has 0 bridgehead atoms. The summed E-state index contributed by atoms with van der Waals surface area (Å²) in [5.41, 5.74) is 2.84.